The van der Waals surface area contributed by atoms with Crippen LogP contribution in [0.5, 0.6) is 5.75 Å². The Hall–Kier alpha value is -1.88. The maximum Gasteiger partial charge on any atom is 0.145 e. The lowest BCUT2D eigenvalue weighted by Crippen LogP contribution is -2.21. The molecule has 19 heavy (non-hydrogen) atoms. The van der Waals surface area contributed by atoms with Gasteiger partial charge in [0.1, 0.15) is 23.7 Å². The number of nitrogens with two attached hydrogens (primary N) is 1. The van der Waals surface area contributed by atoms with Crippen LogP contribution in [0.3, 0.4) is 0 Å². The molecule has 1 aromatic heterocycles. The van der Waals surface area contributed by atoms with Crippen LogP contribution < -0.4 is 10.5 Å². The summed E-state index contributed by atoms with van der Waals surface area (Å²) in [5.41, 5.74) is 8.62. The van der Waals surface area contributed by atoms with Crippen LogP contribution in [-0.2, 0) is 13.0 Å². The zero-order chi connectivity index (χ0) is 13.7. The largest absolute Gasteiger partial charge is 0.487 e. The first-order valence-corrected chi connectivity index (χ1v) is 6.44. The highest BCUT2D eigenvalue weighted by molar-refractivity contribution is 5.28. The molecule has 5 nitrogen and oxygen atoms in total. The number of nitrogens with zero attached hydrogens (tertiary/aromatic N) is 2. The van der Waals surface area contributed by atoms with Gasteiger partial charge in [-0.3, -0.25) is 0 Å². The second kappa shape index (κ2) is 6.33. The molecule has 0 aliphatic carbocycles. The van der Waals surface area contributed by atoms with E-state index in [2.05, 4.69) is 21.9 Å². The summed E-state index contributed by atoms with van der Waals surface area (Å²) < 4.78 is 10.2. The third kappa shape index (κ3) is 3.79. The van der Waals surface area contributed by atoms with Gasteiger partial charge in [0.25, 0.3) is 0 Å². The predicted octanol–water partition coefficient (Wildman–Crippen LogP) is 2.24. The molecule has 0 fully saturated rings. The highest BCUT2D eigenvalue weighted by Gasteiger charge is 2.06. The van der Waals surface area contributed by atoms with E-state index in [0.29, 0.717) is 6.61 Å². The average Bonchev–Trinajstić information content (AvgIpc) is 2.83. The smallest absolute Gasteiger partial charge is 0.145 e. The van der Waals surface area contributed by atoms with Crippen LogP contribution >= 0.6 is 0 Å². The zero-order valence-corrected chi connectivity index (χ0v) is 11.3. The molecule has 5 heteroatoms. The Labute approximate surface area is 112 Å². The fourth-order valence-electron chi connectivity index (χ4n) is 1.70. The van der Waals surface area contributed by atoms with E-state index in [1.807, 2.05) is 31.2 Å². The van der Waals surface area contributed by atoms with Crippen molar-refractivity contribution in [1.82, 2.24) is 10.3 Å². The minimum absolute atomic E-state index is 0.218. The molecule has 2 rings (SSSR count). The summed E-state index contributed by atoms with van der Waals surface area (Å²) in [6.07, 6.45) is 1.87. The fourth-order valence-corrected chi connectivity index (χ4v) is 1.70. The van der Waals surface area contributed by atoms with Gasteiger partial charge in [-0.2, -0.15) is 0 Å². The summed E-state index contributed by atoms with van der Waals surface area (Å²) in [5.74, 6) is 0.802. The van der Waals surface area contributed by atoms with E-state index in [1.54, 1.807) is 0 Å². The number of aryl methyl sites for hydroxylation is 1. The topological polar surface area (TPSA) is 74.2 Å². The SMILES string of the molecule is CCC(N)Cc1ccc(OCc2nonc2C)cc1. The standard InChI is InChI=1S/C14H19N3O2/c1-3-12(15)8-11-4-6-13(7-5-11)18-9-14-10(2)16-19-17-14/h4-7,12H,3,8-9,15H2,1-2H3. The predicted molar refractivity (Wildman–Crippen MR) is 71.8 cm³/mol. The first kappa shape index (κ1) is 13.5. The van der Waals surface area contributed by atoms with E-state index in [9.17, 15) is 0 Å². The molecule has 0 saturated heterocycles. The maximum atomic E-state index is 5.93. The average molecular weight is 261 g/mol. The van der Waals surface area contributed by atoms with Crippen molar-refractivity contribution >= 4 is 0 Å². The summed E-state index contributed by atoms with van der Waals surface area (Å²) in [4.78, 5) is 0. The minimum Gasteiger partial charge on any atom is -0.487 e. The Morgan fingerprint density at radius 3 is 2.58 bits per heavy atom. The van der Waals surface area contributed by atoms with Gasteiger partial charge in [0, 0.05) is 6.04 Å². The number of aromatic nitrogens is 2. The molecule has 0 amide bonds. The van der Waals surface area contributed by atoms with Crippen LogP contribution in [0.1, 0.15) is 30.3 Å². The van der Waals surface area contributed by atoms with Crippen LogP contribution in [0, 0.1) is 6.92 Å². The normalized spacial score (nSPS) is 12.4. The highest BCUT2D eigenvalue weighted by Crippen LogP contribution is 2.15. The zero-order valence-electron chi connectivity index (χ0n) is 11.3. The first-order chi connectivity index (χ1) is 9.19. The van der Waals surface area contributed by atoms with Gasteiger partial charge in [0.2, 0.25) is 0 Å². The molecule has 0 bridgehead atoms. The Morgan fingerprint density at radius 2 is 2.00 bits per heavy atom. The lowest BCUT2D eigenvalue weighted by Gasteiger charge is -2.09. The Balaban J connectivity index is 1.90. The van der Waals surface area contributed by atoms with Gasteiger partial charge < -0.3 is 10.5 Å². The van der Waals surface area contributed by atoms with Crippen molar-refractivity contribution in [3.63, 3.8) is 0 Å². The molecule has 1 aromatic carbocycles. The van der Waals surface area contributed by atoms with Crippen LogP contribution in [0.4, 0.5) is 0 Å². The molecule has 0 aliphatic rings. The summed E-state index contributed by atoms with van der Waals surface area (Å²) >= 11 is 0. The number of ether oxygens (including phenoxy) is 1. The number of rotatable bonds is 6. The number of hydrogen-bond acceptors (Lipinski definition) is 5. The van der Waals surface area contributed by atoms with E-state index in [0.717, 1.165) is 30.0 Å². The lowest BCUT2D eigenvalue weighted by molar-refractivity contribution is 0.270. The summed E-state index contributed by atoms with van der Waals surface area (Å²) in [6.45, 7) is 4.30. The Bertz CT molecular complexity index is 508. The summed E-state index contributed by atoms with van der Waals surface area (Å²) in [6, 6.07) is 8.19. The molecular weight excluding hydrogens is 242 g/mol. The van der Waals surface area contributed by atoms with E-state index in [-0.39, 0.29) is 6.04 Å². The van der Waals surface area contributed by atoms with E-state index in [1.165, 1.54) is 5.56 Å². The van der Waals surface area contributed by atoms with Gasteiger partial charge in [-0.1, -0.05) is 29.4 Å². The molecule has 1 unspecified atom stereocenters. The molecule has 0 radical (unpaired) electrons. The van der Waals surface area contributed by atoms with Gasteiger partial charge in [0.15, 0.2) is 0 Å². The van der Waals surface area contributed by atoms with Crippen molar-refractivity contribution in [2.45, 2.75) is 39.3 Å². The van der Waals surface area contributed by atoms with Gasteiger partial charge in [-0.25, -0.2) is 4.63 Å². The molecule has 0 spiro atoms. The number of hydrogen-bond donors (Lipinski definition) is 1. The third-order valence-electron chi connectivity index (χ3n) is 3.07. The monoisotopic (exact) mass is 261 g/mol. The maximum absolute atomic E-state index is 5.93. The summed E-state index contributed by atoms with van der Waals surface area (Å²) in [7, 11) is 0. The molecule has 2 aromatic rings. The van der Waals surface area contributed by atoms with Crippen molar-refractivity contribution in [1.29, 1.82) is 0 Å². The molecule has 102 valence electrons. The van der Waals surface area contributed by atoms with E-state index >= 15 is 0 Å². The third-order valence-corrected chi connectivity index (χ3v) is 3.07. The molecule has 1 atom stereocenters. The molecule has 0 aliphatic heterocycles. The fraction of sp³-hybridized carbons (Fsp3) is 0.429. The van der Waals surface area contributed by atoms with Crippen molar-refractivity contribution < 1.29 is 9.37 Å². The summed E-state index contributed by atoms with van der Waals surface area (Å²) in [5, 5.41) is 7.48. The minimum atomic E-state index is 0.218. The van der Waals surface area contributed by atoms with Gasteiger partial charge in [0.05, 0.1) is 0 Å². The highest BCUT2D eigenvalue weighted by atomic mass is 16.6. The van der Waals surface area contributed by atoms with Gasteiger partial charge in [-0.05, 0) is 37.5 Å². The van der Waals surface area contributed by atoms with E-state index in [4.69, 9.17) is 10.5 Å². The van der Waals surface area contributed by atoms with E-state index < -0.39 is 0 Å². The molecular formula is C14H19N3O2. The molecule has 2 N–H and O–H groups in total. The first-order valence-electron chi connectivity index (χ1n) is 6.44. The van der Waals surface area contributed by atoms with Crippen LogP contribution in [0.2, 0.25) is 0 Å². The second-order valence-electron chi connectivity index (χ2n) is 4.60. The molecule has 0 saturated carbocycles. The van der Waals surface area contributed by atoms with Crippen LogP contribution in [0.15, 0.2) is 28.9 Å². The number of benzene rings is 1. The Morgan fingerprint density at radius 1 is 1.26 bits per heavy atom. The Kier molecular flexibility index (Phi) is 4.52. The van der Waals surface area contributed by atoms with Crippen LogP contribution in [-0.4, -0.2) is 16.4 Å². The van der Waals surface area contributed by atoms with Crippen molar-refractivity contribution in [3.05, 3.63) is 41.2 Å². The lowest BCUT2D eigenvalue weighted by atomic mass is 10.0. The van der Waals surface area contributed by atoms with Crippen LogP contribution in [0.25, 0.3) is 0 Å². The van der Waals surface area contributed by atoms with Crippen molar-refractivity contribution in [2.24, 2.45) is 5.73 Å². The quantitative estimate of drug-likeness (QED) is 0.863. The van der Waals surface area contributed by atoms with Crippen molar-refractivity contribution in [3.8, 4) is 5.75 Å². The second-order valence-corrected chi connectivity index (χ2v) is 4.60. The van der Waals surface area contributed by atoms with Gasteiger partial charge in [-0.15, -0.1) is 0 Å². The van der Waals surface area contributed by atoms with Gasteiger partial charge >= 0.3 is 0 Å². The van der Waals surface area contributed by atoms with Crippen molar-refractivity contribution in [2.75, 3.05) is 0 Å². The molecule has 1 heterocycles.